The van der Waals surface area contributed by atoms with Crippen molar-refractivity contribution in [2.75, 3.05) is 0 Å². The third-order valence-corrected chi connectivity index (χ3v) is 4.06. The third kappa shape index (κ3) is 2.13. The molecule has 2 aromatic heterocycles. The third-order valence-electron chi connectivity index (χ3n) is 4.06. The summed E-state index contributed by atoms with van der Waals surface area (Å²) in [7, 11) is 0. The number of benzene rings is 2. The van der Waals surface area contributed by atoms with Gasteiger partial charge in [0, 0.05) is 5.56 Å². The summed E-state index contributed by atoms with van der Waals surface area (Å²) in [5.41, 5.74) is 3.43. The van der Waals surface area contributed by atoms with Crippen molar-refractivity contribution in [3.63, 3.8) is 0 Å². The molecule has 0 aliphatic carbocycles. The van der Waals surface area contributed by atoms with Crippen molar-refractivity contribution in [1.29, 1.82) is 0 Å². The number of para-hydroxylation sites is 2. The van der Waals surface area contributed by atoms with Gasteiger partial charge in [-0.25, -0.2) is 4.98 Å². The molecule has 0 N–H and O–H groups in total. The molecule has 24 heavy (non-hydrogen) atoms. The number of carbonyl (C=O) groups excluding carboxylic acids is 1. The minimum absolute atomic E-state index is 0.182. The number of hydrogen-bond acceptors (Lipinski definition) is 4. The van der Waals surface area contributed by atoms with Gasteiger partial charge in [-0.2, -0.15) is 0 Å². The Kier molecular flexibility index (Phi) is 3.27. The van der Waals surface area contributed by atoms with Crippen molar-refractivity contribution in [3.05, 3.63) is 71.7 Å². The fraction of sp³-hybridized carbons (Fsp3) is 0.105. The molecule has 0 aliphatic heterocycles. The highest BCUT2D eigenvalue weighted by Crippen LogP contribution is 2.27. The van der Waals surface area contributed by atoms with E-state index in [1.807, 2.05) is 61.5 Å². The lowest BCUT2D eigenvalue weighted by atomic mass is 10.1. The summed E-state index contributed by atoms with van der Waals surface area (Å²) in [5, 5.41) is 4.10. The number of carbonyl (C=O) groups is 1. The van der Waals surface area contributed by atoms with E-state index in [0.29, 0.717) is 22.8 Å². The molecule has 2 aromatic carbocycles. The van der Waals surface area contributed by atoms with Crippen LogP contribution in [0.5, 0.6) is 0 Å². The maximum absolute atomic E-state index is 13.2. The predicted octanol–water partition coefficient (Wildman–Crippen LogP) is 4.00. The molecule has 0 saturated heterocycles. The first-order valence-corrected chi connectivity index (χ1v) is 7.67. The highest BCUT2D eigenvalue weighted by molar-refractivity contribution is 6.06. The molecule has 4 rings (SSSR count). The van der Waals surface area contributed by atoms with Gasteiger partial charge in [-0.05, 0) is 26.0 Å². The van der Waals surface area contributed by atoms with E-state index >= 15 is 0 Å². The van der Waals surface area contributed by atoms with Gasteiger partial charge in [-0.3, -0.25) is 9.36 Å². The molecule has 0 bridgehead atoms. The Morgan fingerprint density at radius 1 is 1.00 bits per heavy atom. The molecule has 5 heteroatoms. The monoisotopic (exact) mass is 317 g/mol. The molecular formula is C19H15N3O2. The van der Waals surface area contributed by atoms with Crippen LogP contribution < -0.4 is 0 Å². The van der Waals surface area contributed by atoms with Gasteiger partial charge < -0.3 is 4.52 Å². The molecular weight excluding hydrogens is 302 g/mol. The lowest BCUT2D eigenvalue weighted by Crippen LogP contribution is -2.15. The molecule has 0 spiro atoms. The first kappa shape index (κ1) is 14.4. The molecule has 0 radical (unpaired) electrons. The van der Waals surface area contributed by atoms with Gasteiger partial charge >= 0.3 is 0 Å². The number of aromatic nitrogens is 3. The summed E-state index contributed by atoms with van der Waals surface area (Å²) in [6, 6.07) is 17.1. The Morgan fingerprint density at radius 2 is 1.71 bits per heavy atom. The Hall–Kier alpha value is -3.21. The van der Waals surface area contributed by atoms with Crippen molar-refractivity contribution in [1.82, 2.24) is 14.7 Å². The SMILES string of the molecule is Cc1onc(-c2ccccc2)c1C(=O)n1c(C)nc2ccccc21. The van der Waals surface area contributed by atoms with Crippen LogP contribution in [0, 0.1) is 13.8 Å². The molecule has 2 heterocycles. The average Bonchev–Trinajstić information content (AvgIpc) is 3.14. The summed E-state index contributed by atoms with van der Waals surface area (Å²) in [5.74, 6) is 0.954. The Morgan fingerprint density at radius 3 is 2.50 bits per heavy atom. The molecule has 118 valence electrons. The second-order valence-corrected chi connectivity index (χ2v) is 5.62. The van der Waals surface area contributed by atoms with E-state index in [1.165, 1.54) is 0 Å². The minimum Gasteiger partial charge on any atom is -0.360 e. The summed E-state index contributed by atoms with van der Waals surface area (Å²) >= 11 is 0. The van der Waals surface area contributed by atoms with Crippen LogP contribution in [0.1, 0.15) is 21.9 Å². The summed E-state index contributed by atoms with van der Waals surface area (Å²) in [6.45, 7) is 3.57. The van der Waals surface area contributed by atoms with E-state index in [4.69, 9.17) is 4.52 Å². The Balaban J connectivity index is 1.92. The smallest absolute Gasteiger partial charge is 0.269 e. The van der Waals surface area contributed by atoms with E-state index in [-0.39, 0.29) is 5.91 Å². The van der Waals surface area contributed by atoms with Crippen molar-refractivity contribution in [3.8, 4) is 11.3 Å². The Labute approximate surface area is 138 Å². The molecule has 0 amide bonds. The van der Waals surface area contributed by atoms with Gasteiger partial charge in [0.05, 0.1) is 11.0 Å². The van der Waals surface area contributed by atoms with E-state index in [0.717, 1.165) is 16.6 Å². The van der Waals surface area contributed by atoms with Crippen LogP contribution in [0.3, 0.4) is 0 Å². The fourth-order valence-corrected chi connectivity index (χ4v) is 2.93. The predicted molar refractivity (Wildman–Crippen MR) is 90.9 cm³/mol. The maximum Gasteiger partial charge on any atom is 0.269 e. The van der Waals surface area contributed by atoms with Crippen molar-refractivity contribution < 1.29 is 9.32 Å². The minimum atomic E-state index is -0.182. The highest BCUT2D eigenvalue weighted by atomic mass is 16.5. The lowest BCUT2D eigenvalue weighted by molar-refractivity contribution is 0.0961. The molecule has 0 fully saturated rings. The number of hydrogen-bond donors (Lipinski definition) is 0. The van der Waals surface area contributed by atoms with Crippen molar-refractivity contribution >= 4 is 16.9 Å². The normalized spacial score (nSPS) is 11.1. The van der Waals surface area contributed by atoms with Crippen LogP contribution in [0.2, 0.25) is 0 Å². The number of fused-ring (bicyclic) bond motifs is 1. The van der Waals surface area contributed by atoms with Crippen LogP contribution in [0.15, 0.2) is 59.1 Å². The van der Waals surface area contributed by atoms with Gasteiger partial charge in [0.25, 0.3) is 5.91 Å². The molecule has 0 aliphatic rings. The van der Waals surface area contributed by atoms with E-state index in [2.05, 4.69) is 10.1 Å². The Bertz CT molecular complexity index is 1050. The molecule has 0 saturated carbocycles. The molecule has 5 nitrogen and oxygen atoms in total. The number of imidazole rings is 1. The van der Waals surface area contributed by atoms with Crippen molar-refractivity contribution in [2.45, 2.75) is 13.8 Å². The zero-order chi connectivity index (χ0) is 16.7. The summed E-state index contributed by atoms with van der Waals surface area (Å²) < 4.78 is 6.93. The van der Waals surface area contributed by atoms with E-state index < -0.39 is 0 Å². The van der Waals surface area contributed by atoms with Gasteiger partial charge in [0.1, 0.15) is 22.8 Å². The van der Waals surface area contributed by atoms with Crippen LogP contribution >= 0.6 is 0 Å². The van der Waals surface area contributed by atoms with Gasteiger partial charge in [0.2, 0.25) is 0 Å². The lowest BCUT2D eigenvalue weighted by Gasteiger charge is -2.06. The van der Waals surface area contributed by atoms with Gasteiger partial charge in [-0.1, -0.05) is 47.6 Å². The van der Waals surface area contributed by atoms with Crippen LogP contribution in [-0.2, 0) is 0 Å². The van der Waals surface area contributed by atoms with Crippen LogP contribution in [0.4, 0.5) is 0 Å². The van der Waals surface area contributed by atoms with Crippen molar-refractivity contribution in [2.24, 2.45) is 0 Å². The summed E-state index contributed by atoms with van der Waals surface area (Å²) in [6.07, 6.45) is 0. The highest BCUT2D eigenvalue weighted by Gasteiger charge is 2.25. The standard InChI is InChI=1S/C19H15N3O2/c1-12-17(18(21-24-12)14-8-4-3-5-9-14)19(23)22-13(2)20-15-10-6-7-11-16(15)22/h3-11H,1-2H3. The average molecular weight is 317 g/mol. The zero-order valence-electron chi connectivity index (χ0n) is 13.4. The van der Waals surface area contributed by atoms with E-state index in [9.17, 15) is 4.79 Å². The first-order chi connectivity index (χ1) is 11.7. The van der Waals surface area contributed by atoms with Crippen LogP contribution in [0.25, 0.3) is 22.3 Å². The number of nitrogens with zero attached hydrogens (tertiary/aromatic N) is 3. The number of rotatable bonds is 2. The van der Waals surface area contributed by atoms with Crippen LogP contribution in [-0.4, -0.2) is 20.6 Å². The van der Waals surface area contributed by atoms with Gasteiger partial charge in [-0.15, -0.1) is 0 Å². The fourth-order valence-electron chi connectivity index (χ4n) is 2.93. The first-order valence-electron chi connectivity index (χ1n) is 7.67. The topological polar surface area (TPSA) is 60.9 Å². The molecule has 0 atom stereocenters. The van der Waals surface area contributed by atoms with Gasteiger partial charge in [0.15, 0.2) is 0 Å². The maximum atomic E-state index is 13.2. The largest absolute Gasteiger partial charge is 0.360 e. The second kappa shape index (κ2) is 5.45. The zero-order valence-corrected chi connectivity index (χ0v) is 13.4. The second-order valence-electron chi connectivity index (χ2n) is 5.62. The quantitative estimate of drug-likeness (QED) is 0.561. The molecule has 4 aromatic rings. The molecule has 0 unspecified atom stereocenters. The van der Waals surface area contributed by atoms with E-state index in [1.54, 1.807) is 11.5 Å². The number of aryl methyl sites for hydroxylation is 2. The summed E-state index contributed by atoms with van der Waals surface area (Å²) in [4.78, 5) is 17.7.